The van der Waals surface area contributed by atoms with Crippen molar-refractivity contribution < 1.29 is 9.90 Å². The zero-order chi connectivity index (χ0) is 21.7. The van der Waals surface area contributed by atoms with Crippen LogP contribution in [0, 0.1) is 17.8 Å². The molecule has 2 aromatic rings. The molecule has 1 aliphatic heterocycles. The molecule has 4 bridgehead atoms. The van der Waals surface area contributed by atoms with Gasteiger partial charge in [-0.15, -0.1) is 0 Å². The third kappa shape index (κ3) is 3.68. The maximum absolute atomic E-state index is 13.1. The first-order valence-corrected chi connectivity index (χ1v) is 12.2. The van der Waals surface area contributed by atoms with E-state index in [0.717, 1.165) is 63.9 Å². The van der Waals surface area contributed by atoms with Crippen LogP contribution in [0.5, 0.6) is 0 Å². The highest BCUT2D eigenvalue weighted by Crippen LogP contribution is 2.55. The molecule has 6 nitrogen and oxygen atoms in total. The van der Waals surface area contributed by atoms with Gasteiger partial charge in [0.2, 0.25) is 0 Å². The van der Waals surface area contributed by atoms with Crippen molar-refractivity contribution in [3.05, 3.63) is 54.0 Å². The number of carbonyl (C=O) groups excluding carboxylic acids is 1. The summed E-state index contributed by atoms with van der Waals surface area (Å²) >= 11 is 0. The molecular formula is C26H32N4O2. The normalized spacial score (nSPS) is 34.0. The summed E-state index contributed by atoms with van der Waals surface area (Å²) in [6.07, 6.45) is 8.88. The van der Waals surface area contributed by atoms with Crippen molar-refractivity contribution in [2.45, 2.75) is 62.5 Å². The van der Waals surface area contributed by atoms with Crippen molar-refractivity contribution in [2.24, 2.45) is 17.8 Å². The first kappa shape index (κ1) is 20.2. The number of aromatic nitrogens is 2. The molecule has 1 saturated heterocycles. The van der Waals surface area contributed by atoms with Crippen LogP contribution in [0.4, 0.5) is 5.82 Å². The average molecular weight is 433 g/mol. The second-order valence-corrected chi connectivity index (χ2v) is 10.6. The molecule has 2 N–H and O–H groups in total. The summed E-state index contributed by atoms with van der Waals surface area (Å²) in [5, 5.41) is 14.1. The lowest BCUT2D eigenvalue weighted by Gasteiger charge is -2.58. The Kier molecular flexibility index (Phi) is 4.94. The van der Waals surface area contributed by atoms with Gasteiger partial charge in [-0.3, -0.25) is 9.78 Å². The van der Waals surface area contributed by atoms with E-state index in [4.69, 9.17) is 4.98 Å². The van der Waals surface area contributed by atoms with Crippen LogP contribution in [0.15, 0.2) is 42.6 Å². The molecule has 2 aromatic heterocycles. The first-order chi connectivity index (χ1) is 15.6. The van der Waals surface area contributed by atoms with E-state index in [9.17, 15) is 9.90 Å². The number of piperidine rings is 1. The highest BCUT2D eigenvalue weighted by molar-refractivity contribution is 5.93. The van der Waals surface area contributed by atoms with E-state index in [2.05, 4.69) is 27.3 Å². The van der Waals surface area contributed by atoms with Gasteiger partial charge in [-0.05, 0) is 87.0 Å². The number of aliphatic hydroxyl groups is 1. The van der Waals surface area contributed by atoms with Gasteiger partial charge < -0.3 is 15.3 Å². The van der Waals surface area contributed by atoms with Crippen molar-refractivity contribution in [1.82, 2.24) is 15.3 Å². The van der Waals surface area contributed by atoms with Crippen LogP contribution in [0.3, 0.4) is 0 Å². The van der Waals surface area contributed by atoms with Crippen LogP contribution in [0.2, 0.25) is 0 Å². The van der Waals surface area contributed by atoms with Gasteiger partial charge in [-0.25, -0.2) is 4.98 Å². The predicted molar refractivity (Wildman–Crippen MR) is 122 cm³/mol. The monoisotopic (exact) mass is 432 g/mol. The van der Waals surface area contributed by atoms with Crippen LogP contribution in [0.25, 0.3) is 0 Å². The predicted octanol–water partition coefficient (Wildman–Crippen LogP) is 3.53. The lowest BCUT2D eigenvalue weighted by atomic mass is 9.52. The summed E-state index contributed by atoms with van der Waals surface area (Å²) in [5.41, 5.74) is 1.20. The Morgan fingerprint density at radius 1 is 1.03 bits per heavy atom. The number of rotatable bonds is 4. The van der Waals surface area contributed by atoms with Crippen LogP contribution in [-0.4, -0.2) is 45.7 Å². The van der Waals surface area contributed by atoms with Crippen molar-refractivity contribution in [2.75, 3.05) is 18.0 Å². The van der Waals surface area contributed by atoms with Gasteiger partial charge in [0.05, 0.1) is 5.60 Å². The number of anilines is 1. The zero-order valence-electron chi connectivity index (χ0n) is 18.5. The van der Waals surface area contributed by atoms with E-state index in [0.29, 0.717) is 29.4 Å². The summed E-state index contributed by atoms with van der Waals surface area (Å²) in [5.74, 6) is 2.76. The molecular weight excluding hydrogens is 400 g/mol. The molecule has 32 heavy (non-hydrogen) atoms. The van der Waals surface area contributed by atoms with E-state index < -0.39 is 5.60 Å². The standard InChI is InChI=1S/C26H32N4O2/c31-25(29-24-19-12-17-13-20(24)16-26(32,14-17)15-19)22-5-3-6-23(28-22)30-10-7-18(8-11-30)21-4-1-2-9-27-21/h1-6,9,17-20,24,32H,7-8,10-16H2,(H,29,31)/t17?,19?,20?,24-,26-. The minimum absolute atomic E-state index is 0.0697. The van der Waals surface area contributed by atoms with E-state index >= 15 is 0 Å². The SMILES string of the molecule is O=C(N[C@H]1C2CC3CC1C[C@](O)(C3)C2)c1cccc(N2CCC(c3ccccn3)CC2)n1. The number of amides is 1. The number of pyridine rings is 2. The summed E-state index contributed by atoms with van der Waals surface area (Å²) in [6.45, 7) is 1.85. The fourth-order valence-corrected chi connectivity index (χ4v) is 7.19. The van der Waals surface area contributed by atoms with Gasteiger partial charge in [0.15, 0.2) is 0 Å². The third-order valence-electron chi connectivity index (χ3n) is 8.43. The molecule has 7 rings (SSSR count). The summed E-state index contributed by atoms with van der Waals surface area (Å²) in [4.78, 5) is 24.7. The molecule has 2 atom stereocenters. The highest BCUT2D eigenvalue weighted by atomic mass is 16.3. The molecule has 168 valence electrons. The summed E-state index contributed by atoms with van der Waals surface area (Å²) < 4.78 is 0. The van der Waals surface area contributed by atoms with E-state index in [-0.39, 0.29) is 11.9 Å². The molecule has 0 spiro atoms. The van der Waals surface area contributed by atoms with Crippen LogP contribution < -0.4 is 10.2 Å². The molecule has 6 heteroatoms. The Hall–Kier alpha value is -2.47. The van der Waals surface area contributed by atoms with Crippen molar-refractivity contribution in [3.8, 4) is 0 Å². The molecule has 0 aromatic carbocycles. The second-order valence-electron chi connectivity index (χ2n) is 10.6. The fourth-order valence-electron chi connectivity index (χ4n) is 7.19. The van der Waals surface area contributed by atoms with Crippen LogP contribution in [-0.2, 0) is 0 Å². The molecule has 4 aliphatic carbocycles. The Morgan fingerprint density at radius 3 is 2.50 bits per heavy atom. The summed E-state index contributed by atoms with van der Waals surface area (Å²) in [6, 6.07) is 12.1. The Labute approximate surface area is 189 Å². The quantitative estimate of drug-likeness (QED) is 0.773. The molecule has 5 fully saturated rings. The fraction of sp³-hybridized carbons (Fsp3) is 0.577. The van der Waals surface area contributed by atoms with Gasteiger partial charge in [0, 0.05) is 36.9 Å². The Balaban J connectivity index is 1.11. The van der Waals surface area contributed by atoms with E-state index in [1.54, 1.807) is 0 Å². The maximum Gasteiger partial charge on any atom is 0.270 e. The molecule has 1 amide bonds. The molecule has 3 heterocycles. The zero-order valence-corrected chi connectivity index (χ0v) is 18.5. The number of carbonyl (C=O) groups is 1. The Bertz CT molecular complexity index is 972. The van der Waals surface area contributed by atoms with Gasteiger partial charge in [0.25, 0.3) is 5.91 Å². The lowest BCUT2D eigenvalue weighted by Crippen LogP contribution is -2.61. The van der Waals surface area contributed by atoms with Gasteiger partial charge in [-0.2, -0.15) is 0 Å². The summed E-state index contributed by atoms with van der Waals surface area (Å²) in [7, 11) is 0. The first-order valence-electron chi connectivity index (χ1n) is 12.2. The van der Waals surface area contributed by atoms with Crippen LogP contribution in [0.1, 0.15) is 67.0 Å². The Morgan fingerprint density at radius 2 is 1.81 bits per heavy atom. The number of hydrogen-bond acceptors (Lipinski definition) is 5. The van der Waals surface area contributed by atoms with Crippen molar-refractivity contribution in [3.63, 3.8) is 0 Å². The van der Waals surface area contributed by atoms with Gasteiger partial charge >= 0.3 is 0 Å². The van der Waals surface area contributed by atoms with Gasteiger partial charge in [-0.1, -0.05) is 12.1 Å². The van der Waals surface area contributed by atoms with E-state index in [1.165, 1.54) is 5.69 Å². The topological polar surface area (TPSA) is 78.4 Å². The average Bonchev–Trinajstić information content (AvgIpc) is 2.81. The highest BCUT2D eigenvalue weighted by Gasteiger charge is 2.55. The molecule has 2 unspecified atom stereocenters. The minimum atomic E-state index is -0.475. The van der Waals surface area contributed by atoms with Crippen molar-refractivity contribution in [1.29, 1.82) is 0 Å². The van der Waals surface area contributed by atoms with E-state index in [1.807, 2.05) is 30.5 Å². The molecule has 0 radical (unpaired) electrons. The molecule has 5 aliphatic rings. The minimum Gasteiger partial charge on any atom is -0.390 e. The third-order valence-corrected chi connectivity index (χ3v) is 8.43. The number of nitrogens with zero attached hydrogens (tertiary/aromatic N) is 3. The maximum atomic E-state index is 13.1. The van der Waals surface area contributed by atoms with Crippen LogP contribution >= 0.6 is 0 Å². The van der Waals surface area contributed by atoms with Crippen molar-refractivity contribution >= 4 is 11.7 Å². The molecule has 4 saturated carbocycles. The number of hydrogen-bond donors (Lipinski definition) is 2. The van der Waals surface area contributed by atoms with Gasteiger partial charge in [0.1, 0.15) is 11.5 Å². The second kappa shape index (κ2) is 7.84. The largest absolute Gasteiger partial charge is 0.390 e. The smallest absolute Gasteiger partial charge is 0.270 e. The lowest BCUT2D eigenvalue weighted by molar-refractivity contribution is -0.136. The number of nitrogens with one attached hydrogen (secondary N) is 1.